The van der Waals surface area contributed by atoms with E-state index in [1.165, 1.54) is 11.1 Å². The fourth-order valence-electron chi connectivity index (χ4n) is 2.99. The Hall–Kier alpha value is -2.49. The monoisotopic (exact) mass is 397 g/mol. The summed E-state index contributed by atoms with van der Waals surface area (Å²) in [6.45, 7) is 12.9. The molecule has 1 unspecified atom stereocenters. The second-order valence-corrected chi connectivity index (χ2v) is 8.74. The summed E-state index contributed by atoms with van der Waals surface area (Å²) in [5, 5.41) is 2.96. The van der Waals surface area contributed by atoms with Gasteiger partial charge in [-0.2, -0.15) is 0 Å². The van der Waals surface area contributed by atoms with Crippen LogP contribution in [-0.2, 0) is 16.6 Å². The molecule has 0 saturated carbocycles. The lowest BCUT2D eigenvalue weighted by Gasteiger charge is -2.20. The maximum Gasteiger partial charge on any atom is 0.260 e. The number of rotatable bonds is 9. The zero-order valence-electron chi connectivity index (χ0n) is 18.6. The van der Waals surface area contributed by atoms with Crippen molar-refractivity contribution in [2.75, 3.05) is 6.54 Å². The predicted octanol–water partition coefficient (Wildman–Crippen LogP) is 5.29. The second kappa shape index (κ2) is 10.3. The molecular weight excluding hydrogens is 362 g/mol. The summed E-state index contributed by atoms with van der Waals surface area (Å²) in [4.78, 5) is 12.3. The third-order valence-corrected chi connectivity index (χ3v) is 4.61. The molecule has 0 bridgehead atoms. The zero-order chi connectivity index (χ0) is 21.4. The summed E-state index contributed by atoms with van der Waals surface area (Å²) in [6.07, 6.45) is 1.39. The van der Waals surface area contributed by atoms with Crippen LogP contribution in [0.4, 0.5) is 0 Å². The first-order valence-corrected chi connectivity index (χ1v) is 10.5. The van der Waals surface area contributed by atoms with Gasteiger partial charge in [-0.15, -0.1) is 0 Å². The van der Waals surface area contributed by atoms with E-state index >= 15 is 0 Å². The van der Waals surface area contributed by atoms with Crippen molar-refractivity contribution >= 4 is 5.91 Å². The highest BCUT2D eigenvalue weighted by molar-refractivity contribution is 5.80. The van der Waals surface area contributed by atoms with Crippen LogP contribution in [0, 0.1) is 0 Å². The molecule has 0 fully saturated rings. The summed E-state index contributed by atoms with van der Waals surface area (Å²) >= 11 is 0. The van der Waals surface area contributed by atoms with Crippen LogP contribution in [0.25, 0.3) is 0 Å². The number of carbonyl (C=O) groups is 1. The Morgan fingerprint density at radius 1 is 0.966 bits per heavy atom. The van der Waals surface area contributed by atoms with Gasteiger partial charge in [-0.1, -0.05) is 45.0 Å². The van der Waals surface area contributed by atoms with Crippen molar-refractivity contribution in [3.05, 3.63) is 59.7 Å². The van der Waals surface area contributed by atoms with Gasteiger partial charge in [0, 0.05) is 6.54 Å². The fraction of sp³-hybridized carbons (Fsp3) is 0.480. The van der Waals surface area contributed by atoms with E-state index in [1.54, 1.807) is 6.92 Å². The van der Waals surface area contributed by atoms with Crippen molar-refractivity contribution in [2.45, 2.75) is 72.0 Å². The van der Waals surface area contributed by atoms with Crippen LogP contribution < -0.4 is 14.8 Å². The Morgan fingerprint density at radius 2 is 1.66 bits per heavy atom. The van der Waals surface area contributed by atoms with E-state index in [-0.39, 0.29) is 17.4 Å². The molecule has 2 aromatic rings. The van der Waals surface area contributed by atoms with Crippen molar-refractivity contribution in [3.63, 3.8) is 0 Å². The van der Waals surface area contributed by atoms with Crippen LogP contribution in [0.2, 0.25) is 0 Å². The number of carbonyl (C=O) groups excluding carboxylic acids is 1. The molecule has 0 aliphatic heterocycles. The topological polar surface area (TPSA) is 47.6 Å². The Labute approximate surface area is 175 Å². The molecule has 0 aromatic heterocycles. The average molecular weight is 398 g/mol. The van der Waals surface area contributed by atoms with Gasteiger partial charge in [0.2, 0.25) is 0 Å². The van der Waals surface area contributed by atoms with E-state index in [0.717, 1.165) is 18.6 Å². The number of aryl methyl sites for hydroxylation is 1. The van der Waals surface area contributed by atoms with Gasteiger partial charge < -0.3 is 14.8 Å². The van der Waals surface area contributed by atoms with Crippen molar-refractivity contribution < 1.29 is 14.3 Å². The lowest BCUT2D eigenvalue weighted by atomic mass is 9.87. The molecule has 1 N–H and O–H groups in total. The molecule has 0 heterocycles. The third-order valence-electron chi connectivity index (χ3n) is 4.61. The summed E-state index contributed by atoms with van der Waals surface area (Å²) < 4.78 is 11.5. The molecule has 2 aromatic carbocycles. The van der Waals surface area contributed by atoms with Gasteiger partial charge in [0.05, 0.1) is 6.10 Å². The van der Waals surface area contributed by atoms with Crippen LogP contribution in [0.5, 0.6) is 11.5 Å². The van der Waals surface area contributed by atoms with Gasteiger partial charge in [0.1, 0.15) is 11.5 Å². The zero-order valence-corrected chi connectivity index (χ0v) is 18.6. The molecule has 2 rings (SSSR count). The Kier molecular flexibility index (Phi) is 8.12. The molecule has 1 amide bonds. The second-order valence-electron chi connectivity index (χ2n) is 8.74. The largest absolute Gasteiger partial charge is 0.491 e. The summed E-state index contributed by atoms with van der Waals surface area (Å²) in [5.74, 6) is 1.51. The lowest BCUT2D eigenvalue weighted by Crippen LogP contribution is -2.36. The summed E-state index contributed by atoms with van der Waals surface area (Å²) in [5.41, 5.74) is 2.55. The smallest absolute Gasteiger partial charge is 0.260 e. The molecule has 0 saturated heterocycles. The van der Waals surface area contributed by atoms with E-state index < -0.39 is 6.10 Å². The number of benzene rings is 2. The highest BCUT2D eigenvalue weighted by atomic mass is 16.5. The predicted molar refractivity (Wildman–Crippen MR) is 119 cm³/mol. The van der Waals surface area contributed by atoms with Crippen LogP contribution in [0.3, 0.4) is 0 Å². The quantitative estimate of drug-likeness (QED) is 0.585. The minimum absolute atomic E-state index is 0.0956. The van der Waals surface area contributed by atoms with Crippen molar-refractivity contribution in [1.29, 1.82) is 0 Å². The number of ether oxygens (including phenoxy) is 2. The average Bonchev–Trinajstić information content (AvgIpc) is 2.64. The first-order chi connectivity index (χ1) is 13.6. The van der Waals surface area contributed by atoms with Gasteiger partial charge in [-0.05, 0) is 74.4 Å². The number of amides is 1. The lowest BCUT2D eigenvalue weighted by molar-refractivity contribution is -0.127. The highest BCUT2D eigenvalue weighted by Gasteiger charge is 2.16. The van der Waals surface area contributed by atoms with E-state index in [2.05, 4.69) is 50.4 Å². The minimum atomic E-state index is -0.529. The molecule has 4 nitrogen and oxygen atoms in total. The van der Waals surface area contributed by atoms with Gasteiger partial charge >= 0.3 is 0 Å². The van der Waals surface area contributed by atoms with Crippen LogP contribution in [0.15, 0.2) is 48.5 Å². The van der Waals surface area contributed by atoms with E-state index in [1.807, 2.05) is 38.1 Å². The van der Waals surface area contributed by atoms with Crippen LogP contribution in [0.1, 0.15) is 59.1 Å². The van der Waals surface area contributed by atoms with Crippen molar-refractivity contribution in [3.8, 4) is 11.5 Å². The summed E-state index contributed by atoms with van der Waals surface area (Å²) in [7, 11) is 0. The standard InChI is InChI=1S/C25H35NO3/c1-18(2)28-23-11-7-9-20(17-23)10-8-16-26-24(27)19(3)29-22-14-12-21(13-15-22)25(4,5)6/h7,9,11-15,17-19H,8,10,16H2,1-6H3,(H,26,27). The Morgan fingerprint density at radius 3 is 2.28 bits per heavy atom. The Bertz CT molecular complexity index is 775. The molecule has 0 spiro atoms. The van der Waals surface area contributed by atoms with Crippen molar-refractivity contribution in [1.82, 2.24) is 5.32 Å². The van der Waals surface area contributed by atoms with Gasteiger partial charge in [0.15, 0.2) is 6.10 Å². The molecule has 1 atom stereocenters. The molecule has 0 aliphatic carbocycles. The maximum absolute atomic E-state index is 12.3. The van der Waals surface area contributed by atoms with E-state index in [4.69, 9.17) is 9.47 Å². The molecular formula is C25H35NO3. The number of hydrogen-bond donors (Lipinski definition) is 1. The summed E-state index contributed by atoms with van der Waals surface area (Å²) in [6, 6.07) is 16.1. The van der Waals surface area contributed by atoms with Crippen LogP contribution >= 0.6 is 0 Å². The van der Waals surface area contributed by atoms with Gasteiger partial charge in [0.25, 0.3) is 5.91 Å². The molecule has 158 valence electrons. The minimum Gasteiger partial charge on any atom is -0.491 e. The normalized spacial score (nSPS) is 12.5. The highest BCUT2D eigenvalue weighted by Crippen LogP contribution is 2.24. The van der Waals surface area contributed by atoms with Gasteiger partial charge in [-0.3, -0.25) is 4.79 Å². The van der Waals surface area contributed by atoms with Gasteiger partial charge in [-0.25, -0.2) is 0 Å². The van der Waals surface area contributed by atoms with E-state index in [9.17, 15) is 4.79 Å². The number of nitrogens with one attached hydrogen (secondary N) is 1. The molecule has 0 aliphatic rings. The fourth-order valence-corrected chi connectivity index (χ4v) is 2.99. The maximum atomic E-state index is 12.3. The first kappa shape index (κ1) is 22.8. The SMILES string of the molecule is CC(C)Oc1cccc(CCCNC(=O)C(C)Oc2ccc(C(C)(C)C)cc2)c1. The molecule has 0 radical (unpaired) electrons. The Balaban J connectivity index is 1.75. The van der Waals surface area contributed by atoms with Crippen molar-refractivity contribution in [2.24, 2.45) is 0 Å². The first-order valence-electron chi connectivity index (χ1n) is 10.5. The number of hydrogen-bond acceptors (Lipinski definition) is 3. The molecule has 4 heteroatoms. The van der Waals surface area contributed by atoms with E-state index in [0.29, 0.717) is 12.3 Å². The molecule has 29 heavy (non-hydrogen) atoms. The third kappa shape index (κ3) is 7.80. The van der Waals surface area contributed by atoms with Crippen LogP contribution in [-0.4, -0.2) is 24.7 Å².